The molecule has 7 aliphatic rings. The lowest BCUT2D eigenvalue weighted by molar-refractivity contribution is -0.374. The Bertz CT molecular complexity index is 1450. The number of fused-ring (bicyclic) bond motifs is 7. The van der Waals surface area contributed by atoms with Crippen molar-refractivity contribution >= 4 is 5.97 Å². The fourth-order valence-corrected chi connectivity index (χ4v) is 13.3. The Morgan fingerprint density at radius 2 is 1.46 bits per heavy atom. The largest absolute Gasteiger partial charge is 0.481 e. The second-order valence-corrected chi connectivity index (χ2v) is 19.9. The number of allylic oxidation sites excluding steroid dienone is 2. The molecule has 0 aromatic rings. The molecule has 2 aliphatic heterocycles. The third kappa shape index (κ3) is 5.92. The summed E-state index contributed by atoms with van der Waals surface area (Å²) in [6, 6.07) is 0. The predicted octanol–water partition coefficient (Wildman–Crippen LogP) is 3.11. The minimum absolute atomic E-state index is 0.0388. The van der Waals surface area contributed by atoms with E-state index in [1.807, 2.05) is 0 Å². The van der Waals surface area contributed by atoms with E-state index in [-0.39, 0.29) is 46.7 Å². The summed E-state index contributed by atoms with van der Waals surface area (Å²) >= 11 is 0. The first-order valence-electron chi connectivity index (χ1n) is 20.3. The van der Waals surface area contributed by atoms with Crippen molar-refractivity contribution in [1.82, 2.24) is 0 Å². The zero-order valence-electron chi connectivity index (χ0n) is 33.1. The van der Waals surface area contributed by atoms with Crippen molar-refractivity contribution in [2.45, 2.75) is 167 Å². The molecule has 18 unspecified atom stereocenters. The van der Waals surface area contributed by atoms with Gasteiger partial charge in [0.05, 0.1) is 24.7 Å². The first-order chi connectivity index (χ1) is 25.2. The highest BCUT2D eigenvalue weighted by molar-refractivity contribution is 5.76. The van der Waals surface area contributed by atoms with Crippen molar-refractivity contribution in [3.05, 3.63) is 11.6 Å². The van der Waals surface area contributed by atoms with Crippen LogP contribution in [-0.4, -0.2) is 124 Å². The molecular formula is C41H66O13. The van der Waals surface area contributed by atoms with Crippen LogP contribution in [-0.2, 0) is 28.5 Å². The Kier molecular flexibility index (Phi) is 10.6. The zero-order valence-corrected chi connectivity index (χ0v) is 33.1. The summed E-state index contributed by atoms with van der Waals surface area (Å²) in [6.45, 7) is 13.6. The SMILES string of the molecule is COC1OC(OC2COC(OC3CCC4(C)C(CCC5(C)C4CC=C4C6CC(C)(C)CCC6(C(=O)O)CCC45C)C3(C)CO)C(O)C2O)C(O)C(O)C1O. The van der Waals surface area contributed by atoms with Gasteiger partial charge in [-0.25, -0.2) is 0 Å². The molecule has 6 fully saturated rings. The Morgan fingerprint density at radius 3 is 2.13 bits per heavy atom. The van der Waals surface area contributed by atoms with Gasteiger partial charge in [0, 0.05) is 12.5 Å². The number of rotatable bonds is 7. The molecular weight excluding hydrogens is 700 g/mol. The number of carbonyl (C=O) groups is 1. The summed E-state index contributed by atoms with van der Waals surface area (Å²) in [4.78, 5) is 13.0. The van der Waals surface area contributed by atoms with E-state index in [2.05, 4.69) is 47.6 Å². The van der Waals surface area contributed by atoms with Crippen LogP contribution in [0.5, 0.6) is 0 Å². The molecule has 0 spiro atoms. The van der Waals surface area contributed by atoms with Crippen LogP contribution in [0.1, 0.15) is 106 Å². The molecule has 0 aromatic heterocycles. The van der Waals surface area contributed by atoms with Crippen LogP contribution < -0.4 is 0 Å². The lowest BCUT2D eigenvalue weighted by Gasteiger charge is -2.71. The summed E-state index contributed by atoms with van der Waals surface area (Å²) in [7, 11) is 1.27. The highest BCUT2D eigenvalue weighted by atomic mass is 16.8. The number of aliphatic carboxylic acids is 1. The molecule has 0 amide bonds. The van der Waals surface area contributed by atoms with Crippen LogP contribution in [0.2, 0.25) is 0 Å². The number of carboxylic acid groups (broad SMARTS) is 1. The number of ether oxygens (including phenoxy) is 5. The van der Waals surface area contributed by atoms with Crippen LogP contribution in [0, 0.1) is 50.2 Å². The monoisotopic (exact) mass is 766 g/mol. The molecule has 54 heavy (non-hydrogen) atoms. The Hall–Kier alpha value is -1.23. The van der Waals surface area contributed by atoms with E-state index >= 15 is 0 Å². The fourth-order valence-electron chi connectivity index (χ4n) is 13.3. The van der Waals surface area contributed by atoms with Gasteiger partial charge in [0.1, 0.15) is 36.6 Å². The van der Waals surface area contributed by atoms with Crippen LogP contribution in [0.15, 0.2) is 11.6 Å². The quantitative estimate of drug-likeness (QED) is 0.147. The van der Waals surface area contributed by atoms with Gasteiger partial charge in [-0.3, -0.25) is 4.79 Å². The molecule has 18 atom stereocenters. The van der Waals surface area contributed by atoms with Gasteiger partial charge >= 0.3 is 5.97 Å². The summed E-state index contributed by atoms with van der Waals surface area (Å²) in [5, 5.41) is 75.1. The molecule has 0 bridgehead atoms. The van der Waals surface area contributed by atoms with Gasteiger partial charge in [-0.05, 0) is 104 Å². The number of carboxylic acids is 1. The van der Waals surface area contributed by atoms with E-state index in [1.54, 1.807) is 0 Å². The number of hydrogen-bond acceptors (Lipinski definition) is 12. The number of hydrogen-bond donors (Lipinski definition) is 7. The molecule has 0 radical (unpaired) electrons. The molecule has 0 aromatic carbocycles. The van der Waals surface area contributed by atoms with Crippen LogP contribution in [0.3, 0.4) is 0 Å². The molecule has 4 saturated carbocycles. The highest BCUT2D eigenvalue weighted by Crippen LogP contribution is 2.76. The van der Waals surface area contributed by atoms with Crippen LogP contribution >= 0.6 is 0 Å². The normalized spacial score (nSPS) is 54.3. The standard InChI is InChI=1S/C41H66O13/c1-36(2)14-16-41(35(48)49)17-15-39(5)21(22(41)18-36)8-9-25-37(3)12-11-26(38(4,20-42)24(37)10-13-40(25,39)6)53-33-29(45)27(43)23(19-51-33)52-34-31(47)28(44)30(46)32(50-7)54-34/h8,22-34,42-47H,9-20H2,1-7H3,(H,48,49). The first-order valence-corrected chi connectivity index (χ1v) is 20.3. The second-order valence-electron chi connectivity index (χ2n) is 19.9. The maximum absolute atomic E-state index is 13.0. The van der Waals surface area contributed by atoms with Gasteiger partial charge < -0.3 is 59.4 Å². The van der Waals surface area contributed by atoms with E-state index in [9.17, 15) is 40.5 Å². The van der Waals surface area contributed by atoms with Gasteiger partial charge in [-0.2, -0.15) is 0 Å². The predicted molar refractivity (Wildman–Crippen MR) is 193 cm³/mol. The van der Waals surface area contributed by atoms with Gasteiger partial charge in [-0.15, -0.1) is 0 Å². The Labute approximate surface area is 319 Å². The van der Waals surface area contributed by atoms with Crippen molar-refractivity contribution < 1.29 is 64.2 Å². The lowest BCUT2D eigenvalue weighted by atomic mass is 9.33. The van der Waals surface area contributed by atoms with Crippen molar-refractivity contribution in [1.29, 1.82) is 0 Å². The van der Waals surface area contributed by atoms with Gasteiger partial charge in [0.15, 0.2) is 18.9 Å². The second kappa shape index (κ2) is 14.0. The Balaban J connectivity index is 1.08. The number of aliphatic hydroxyl groups is 6. The molecule has 2 heterocycles. The third-order valence-electron chi connectivity index (χ3n) is 16.9. The van der Waals surface area contributed by atoms with Crippen LogP contribution in [0.25, 0.3) is 0 Å². The van der Waals surface area contributed by atoms with Crippen LogP contribution in [0.4, 0.5) is 0 Å². The summed E-state index contributed by atoms with van der Waals surface area (Å²) in [6.07, 6.45) is -2.63. The molecule has 13 nitrogen and oxygen atoms in total. The average Bonchev–Trinajstić information content (AvgIpc) is 3.12. The van der Waals surface area contributed by atoms with Crippen molar-refractivity contribution in [2.24, 2.45) is 50.2 Å². The first kappa shape index (κ1) is 40.9. The van der Waals surface area contributed by atoms with Crippen molar-refractivity contribution in [3.63, 3.8) is 0 Å². The maximum atomic E-state index is 13.0. The van der Waals surface area contributed by atoms with E-state index in [0.29, 0.717) is 18.8 Å². The number of aliphatic hydroxyl groups excluding tert-OH is 6. The highest BCUT2D eigenvalue weighted by Gasteiger charge is 2.70. The van der Waals surface area contributed by atoms with Crippen molar-refractivity contribution in [3.8, 4) is 0 Å². The molecule has 7 N–H and O–H groups in total. The minimum atomic E-state index is -1.64. The van der Waals surface area contributed by atoms with Gasteiger partial charge in [0.25, 0.3) is 0 Å². The van der Waals surface area contributed by atoms with E-state index < -0.39 is 78.4 Å². The van der Waals surface area contributed by atoms with Gasteiger partial charge in [-0.1, -0.05) is 53.2 Å². The lowest BCUT2D eigenvalue weighted by Crippen LogP contribution is -2.66. The molecule has 2 saturated heterocycles. The minimum Gasteiger partial charge on any atom is -0.481 e. The molecule has 7 rings (SSSR count). The molecule has 5 aliphatic carbocycles. The fraction of sp³-hybridized carbons (Fsp3) is 0.927. The van der Waals surface area contributed by atoms with E-state index in [1.165, 1.54) is 12.7 Å². The molecule has 308 valence electrons. The van der Waals surface area contributed by atoms with Crippen molar-refractivity contribution in [2.75, 3.05) is 20.3 Å². The smallest absolute Gasteiger partial charge is 0.310 e. The van der Waals surface area contributed by atoms with E-state index in [0.717, 1.165) is 51.4 Å². The maximum Gasteiger partial charge on any atom is 0.310 e. The van der Waals surface area contributed by atoms with E-state index in [4.69, 9.17) is 23.7 Å². The number of methoxy groups -OCH3 is 1. The average molecular weight is 767 g/mol. The van der Waals surface area contributed by atoms with Gasteiger partial charge in [0.2, 0.25) is 0 Å². The summed E-state index contributed by atoms with van der Waals surface area (Å²) in [5.41, 5.74) is -0.192. The summed E-state index contributed by atoms with van der Waals surface area (Å²) in [5.74, 6) is -0.171. The summed E-state index contributed by atoms with van der Waals surface area (Å²) < 4.78 is 28.7. The zero-order chi connectivity index (χ0) is 39.4. The third-order valence-corrected chi connectivity index (χ3v) is 16.9. The topological polar surface area (TPSA) is 205 Å². The molecule has 13 heteroatoms. The Morgan fingerprint density at radius 1 is 0.796 bits per heavy atom.